The number of nitrogens with one attached hydrogen (secondary N) is 1. The van der Waals surface area contributed by atoms with Crippen LogP contribution in [0, 0.1) is 0 Å². The van der Waals surface area contributed by atoms with Gasteiger partial charge in [0.25, 0.3) is 0 Å². The number of para-hydroxylation sites is 1. The smallest absolute Gasteiger partial charge is 0.326 e. The fraction of sp³-hybridized carbons (Fsp3) is 0.533. The van der Waals surface area contributed by atoms with Crippen molar-refractivity contribution in [2.24, 2.45) is 0 Å². The maximum absolute atomic E-state index is 11.2. The Morgan fingerprint density at radius 1 is 1.17 bits per heavy atom. The van der Waals surface area contributed by atoms with Gasteiger partial charge in [0.2, 0.25) is 0 Å². The van der Waals surface area contributed by atoms with Crippen LogP contribution >= 0.6 is 0 Å². The van der Waals surface area contributed by atoms with Crippen molar-refractivity contribution in [3.8, 4) is 0 Å². The standard InChI is InChI=1S/C15H23NO2/c1-2-3-4-5-9-12-14(15(17)18)16-13-10-7-6-8-11-13/h6-8,10-11,14,16H,2-5,9,12H2,1H3,(H,17,18). The van der Waals surface area contributed by atoms with Gasteiger partial charge in [0.05, 0.1) is 0 Å². The minimum Gasteiger partial charge on any atom is -0.480 e. The molecule has 0 aromatic heterocycles. The molecule has 0 spiro atoms. The average molecular weight is 249 g/mol. The fourth-order valence-corrected chi connectivity index (χ4v) is 1.94. The molecule has 0 heterocycles. The number of rotatable bonds is 9. The highest BCUT2D eigenvalue weighted by Gasteiger charge is 2.16. The maximum Gasteiger partial charge on any atom is 0.326 e. The van der Waals surface area contributed by atoms with Crippen molar-refractivity contribution in [2.45, 2.75) is 51.5 Å². The SMILES string of the molecule is CCCCCCCC(Nc1ccccc1)C(=O)O. The second-order valence-corrected chi connectivity index (χ2v) is 4.60. The fourth-order valence-electron chi connectivity index (χ4n) is 1.94. The molecular formula is C15H23NO2. The third-order valence-corrected chi connectivity index (χ3v) is 3.01. The Hall–Kier alpha value is -1.51. The molecule has 3 heteroatoms. The van der Waals surface area contributed by atoms with Crippen molar-refractivity contribution in [1.82, 2.24) is 0 Å². The first-order valence-electron chi connectivity index (χ1n) is 6.78. The van der Waals surface area contributed by atoms with Crippen molar-refractivity contribution in [1.29, 1.82) is 0 Å². The minimum absolute atomic E-state index is 0.478. The molecular weight excluding hydrogens is 226 g/mol. The topological polar surface area (TPSA) is 49.3 Å². The Kier molecular flexibility index (Phi) is 6.92. The summed E-state index contributed by atoms with van der Waals surface area (Å²) in [6.45, 7) is 2.18. The lowest BCUT2D eigenvalue weighted by Gasteiger charge is -2.15. The second-order valence-electron chi connectivity index (χ2n) is 4.60. The van der Waals surface area contributed by atoms with E-state index in [1.165, 1.54) is 19.3 Å². The van der Waals surface area contributed by atoms with Gasteiger partial charge >= 0.3 is 5.97 Å². The van der Waals surface area contributed by atoms with Crippen LogP contribution in [0.25, 0.3) is 0 Å². The van der Waals surface area contributed by atoms with Gasteiger partial charge in [0.1, 0.15) is 6.04 Å². The molecule has 1 unspecified atom stereocenters. The van der Waals surface area contributed by atoms with Crippen molar-refractivity contribution in [2.75, 3.05) is 5.32 Å². The van der Waals surface area contributed by atoms with E-state index in [-0.39, 0.29) is 0 Å². The number of hydrogen-bond donors (Lipinski definition) is 2. The molecule has 18 heavy (non-hydrogen) atoms. The van der Waals surface area contributed by atoms with Crippen LogP contribution in [0.3, 0.4) is 0 Å². The summed E-state index contributed by atoms with van der Waals surface area (Å²) in [5.74, 6) is -0.769. The van der Waals surface area contributed by atoms with Gasteiger partial charge < -0.3 is 10.4 Å². The molecule has 1 rings (SSSR count). The van der Waals surface area contributed by atoms with E-state index in [1.54, 1.807) is 0 Å². The van der Waals surface area contributed by atoms with Crippen molar-refractivity contribution in [3.05, 3.63) is 30.3 Å². The van der Waals surface area contributed by atoms with E-state index in [4.69, 9.17) is 0 Å². The molecule has 0 saturated carbocycles. The van der Waals surface area contributed by atoms with Crippen molar-refractivity contribution >= 4 is 11.7 Å². The molecule has 1 aromatic rings. The Bertz CT molecular complexity index is 338. The third kappa shape index (κ3) is 5.71. The van der Waals surface area contributed by atoms with Gasteiger partial charge in [-0.2, -0.15) is 0 Å². The third-order valence-electron chi connectivity index (χ3n) is 3.01. The quantitative estimate of drug-likeness (QED) is 0.652. The minimum atomic E-state index is -0.769. The number of unbranched alkanes of at least 4 members (excludes halogenated alkanes) is 4. The lowest BCUT2D eigenvalue weighted by molar-refractivity contribution is -0.138. The van der Waals surface area contributed by atoms with E-state index in [9.17, 15) is 9.90 Å². The first kappa shape index (κ1) is 14.6. The molecule has 0 radical (unpaired) electrons. The lowest BCUT2D eigenvalue weighted by atomic mass is 10.1. The summed E-state index contributed by atoms with van der Waals surface area (Å²) >= 11 is 0. The molecule has 0 bridgehead atoms. The van der Waals surface area contributed by atoms with Crippen molar-refractivity contribution in [3.63, 3.8) is 0 Å². The average Bonchev–Trinajstić information content (AvgIpc) is 2.38. The van der Waals surface area contributed by atoms with E-state index < -0.39 is 12.0 Å². The van der Waals surface area contributed by atoms with Crippen molar-refractivity contribution < 1.29 is 9.90 Å². The highest BCUT2D eigenvalue weighted by atomic mass is 16.4. The first-order valence-corrected chi connectivity index (χ1v) is 6.78. The van der Waals surface area contributed by atoms with Gasteiger partial charge in [-0.3, -0.25) is 0 Å². The van der Waals surface area contributed by atoms with Gasteiger partial charge in [0, 0.05) is 5.69 Å². The van der Waals surface area contributed by atoms with Gasteiger partial charge in [-0.05, 0) is 18.6 Å². The highest BCUT2D eigenvalue weighted by molar-refractivity contribution is 5.77. The Labute approximate surface area is 109 Å². The summed E-state index contributed by atoms with van der Waals surface area (Å²) < 4.78 is 0. The summed E-state index contributed by atoms with van der Waals surface area (Å²) in [7, 11) is 0. The Morgan fingerprint density at radius 3 is 2.44 bits per heavy atom. The molecule has 1 aromatic carbocycles. The highest BCUT2D eigenvalue weighted by Crippen LogP contribution is 2.13. The molecule has 0 fully saturated rings. The summed E-state index contributed by atoms with van der Waals surface area (Å²) in [6.07, 6.45) is 6.43. The van der Waals surface area contributed by atoms with E-state index in [0.717, 1.165) is 18.5 Å². The van der Waals surface area contributed by atoms with Crippen LogP contribution in [0.15, 0.2) is 30.3 Å². The number of benzene rings is 1. The molecule has 100 valence electrons. The summed E-state index contributed by atoms with van der Waals surface area (Å²) in [5, 5.41) is 12.2. The first-order chi connectivity index (χ1) is 8.74. The van der Waals surface area contributed by atoms with E-state index in [0.29, 0.717) is 6.42 Å². The second kappa shape index (κ2) is 8.56. The predicted molar refractivity (Wildman–Crippen MR) is 74.9 cm³/mol. The number of aliphatic carboxylic acids is 1. The van der Waals surface area contributed by atoms with Crippen LogP contribution in [-0.4, -0.2) is 17.1 Å². The Morgan fingerprint density at radius 2 is 1.83 bits per heavy atom. The van der Waals surface area contributed by atoms with Gasteiger partial charge in [-0.15, -0.1) is 0 Å². The van der Waals surface area contributed by atoms with Gasteiger partial charge in [0.15, 0.2) is 0 Å². The molecule has 0 saturated heterocycles. The zero-order valence-corrected chi connectivity index (χ0v) is 11.1. The summed E-state index contributed by atoms with van der Waals surface area (Å²) in [4.78, 5) is 11.2. The molecule has 3 nitrogen and oxygen atoms in total. The summed E-state index contributed by atoms with van der Waals surface area (Å²) in [5.41, 5.74) is 0.874. The van der Waals surface area contributed by atoms with Crippen LogP contribution in [0.4, 0.5) is 5.69 Å². The molecule has 0 aliphatic heterocycles. The van der Waals surface area contributed by atoms with E-state index in [2.05, 4.69) is 12.2 Å². The molecule has 2 N–H and O–H groups in total. The van der Waals surface area contributed by atoms with Crippen LogP contribution in [-0.2, 0) is 4.79 Å². The molecule has 0 amide bonds. The number of carbonyl (C=O) groups is 1. The Balaban J connectivity index is 2.34. The molecule has 0 aliphatic carbocycles. The monoisotopic (exact) mass is 249 g/mol. The molecule has 0 aliphatic rings. The van der Waals surface area contributed by atoms with Crippen LogP contribution in [0.1, 0.15) is 45.4 Å². The number of anilines is 1. The van der Waals surface area contributed by atoms with Gasteiger partial charge in [-0.1, -0.05) is 57.2 Å². The predicted octanol–water partition coefficient (Wildman–Crippen LogP) is 3.91. The summed E-state index contributed by atoms with van der Waals surface area (Å²) in [6, 6.07) is 9.05. The number of carboxylic acid groups (broad SMARTS) is 1. The largest absolute Gasteiger partial charge is 0.480 e. The van der Waals surface area contributed by atoms with Crippen LogP contribution in [0.2, 0.25) is 0 Å². The van der Waals surface area contributed by atoms with E-state index >= 15 is 0 Å². The van der Waals surface area contributed by atoms with Crippen LogP contribution < -0.4 is 5.32 Å². The molecule has 1 atom stereocenters. The number of carboxylic acids is 1. The van der Waals surface area contributed by atoms with E-state index in [1.807, 2.05) is 30.3 Å². The van der Waals surface area contributed by atoms with Crippen LogP contribution in [0.5, 0.6) is 0 Å². The number of hydrogen-bond acceptors (Lipinski definition) is 2. The maximum atomic E-state index is 11.2. The van der Waals surface area contributed by atoms with Gasteiger partial charge in [-0.25, -0.2) is 4.79 Å². The zero-order chi connectivity index (χ0) is 13.2. The zero-order valence-electron chi connectivity index (χ0n) is 11.1. The lowest BCUT2D eigenvalue weighted by Crippen LogP contribution is -2.29. The normalized spacial score (nSPS) is 12.1.